The summed E-state index contributed by atoms with van der Waals surface area (Å²) in [5.41, 5.74) is 2.09. The first-order chi connectivity index (χ1) is 9.61. The number of ether oxygens (including phenoxy) is 1. The molecule has 0 unspecified atom stereocenters. The number of hydrogen-bond acceptors (Lipinski definition) is 5. The fourth-order valence-electron chi connectivity index (χ4n) is 1.80. The minimum absolute atomic E-state index is 0.0777. The molecule has 1 heterocycles. The highest BCUT2D eigenvalue weighted by atomic mass is 32.2. The number of carbonyl (C=O) groups excluding carboxylic acids is 2. The summed E-state index contributed by atoms with van der Waals surface area (Å²) in [4.78, 5) is 22.6. The lowest BCUT2D eigenvalue weighted by Gasteiger charge is -2.03. The molecule has 1 aromatic carbocycles. The molecule has 0 fully saturated rings. The van der Waals surface area contributed by atoms with Gasteiger partial charge >= 0.3 is 5.97 Å². The van der Waals surface area contributed by atoms with Crippen molar-refractivity contribution in [1.82, 2.24) is 10.2 Å². The van der Waals surface area contributed by atoms with Crippen LogP contribution in [0.2, 0.25) is 0 Å². The third kappa shape index (κ3) is 3.27. The number of rotatable bonds is 4. The van der Waals surface area contributed by atoms with Crippen LogP contribution in [0, 0.1) is 0 Å². The van der Waals surface area contributed by atoms with E-state index < -0.39 is 5.97 Å². The second-order valence-corrected chi connectivity index (χ2v) is 5.29. The summed E-state index contributed by atoms with van der Waals surface area (Å²) in [6, 6.07) is 3.64. The van der Waals surface area contributed by atoms with Gasteiger partial charge in [0.05, 0.1) is 24.4 Å². The van der Waals surface area contributed by atoms with Crippen molar-refractivity contribution in [2.45, 2.75) is 6.92 Å². The van der Waals surface area contributed by atoms with Gasteiger partial charge in [-0.3, -0.25) is 9.89 Å². The zero-order valence-electron chi connectivity index (χ0n) is 11.2. The van der Waals surface area contributed by atoms with Gasteiger partial charge in [-0.1, -0.05) is 23.9 Å². The van der Waals surface area contributed by atoms with Gasteiger partial charge < -0.3 is 4.74 Å². The molecule has 0 atom stereocenters. The molecular formula is C14H14N2O3S. The molecule has 104 valence electrons. The second-order valence-electron chi connectivity index (χ2n) is 4.10. The smallest absolute Gasteiger partial charge is 0.338 e. The number of aromatic amines is 1. The van der Waals surface area contributed by atoms with Crippen LogP contribution in [0.25, 0.3) is 17.0 Å². The van der Waals surface area contributed by atoms with Gasteiger partial charge in [-0.25, -0.2) is 4.79 Å². The van der Waals surface area contributed by atoms with Crippen LogP contribution >= 0.6 is 11.8 Å². The number of fused-ring (bicyclic) bond motifs is 1. The number of esters is 1. The molecule has 0 amide bonds. The van der Waals surface area contributed by atoms with E-state index in [4.69, 9.17) is 4.74 Å². The molecule has 2 aromatic rings. The fraction of sp³-hybridized carbons (Fsp3) is 0.214. The van der Waals surface area contributed by atoms with E-state index in [1.54, 1.807) is 12.3 Å². The Morgan fingerprint density at radius 3 is 2.95 bits per heavy atom. The van der Waals surface area contributed by atoms with Crippen molar-refractivity contribution in [2.75, 3.05) is 12.9 Å². The van der Waals surface area contributed by atoms with Crippen LogP contribution in [-0.2, 0) is 9.53 Å². The van der Waals surface area contributed by atoms with Crippen LogP contribution in [0.15, 0.2) is 24.4 Å². The first kappa shape index (κ1) is 14.3. The highest BCUT2D eigenvalue weighted by molar-refractivity contribution is 8.13. The zero-order valence-corrected chi connectivity index (χ0v) is 12.0. The van der Waals surface area contributed by atoms with E-state index in [1.165, 1.54) is 25.8 Å². The Kier molecular flexibility index (Phi) is 4.57. The summed E-state index contributed by atoms with van der Waals surface area (Å²) < 4.78 is 4.77. The Morgan fingerprint density at radius 1 is 1.45 bits per heavy atom. The van der Waals surface area contributed by atoms with E-state index in [2.05, 4.69) is 10.2 Å². The van der Waals surface area contributed by atoms with Crippen LogP contribution in [0.4, 0.5) is 0 Å². The van der Waals surface area contributed by atoms with E-state index in [-0.39, 0.29) is 5.12 Å². The van der Waals surface area contributed by atoms with Gasteiger partial charge in [0.2, 0.25) is 0 Å². The van der Waals surface area contributed by atoms with Crippen LogP contribution in [0.5, 0.6) is 0 Å². The van der Waals surface area contributed by atoms with Crippen LogP contribution in [-0.4, -0.2) is 34.1 Å². The van der Waals surface area contributed by atoms with E-state index in [9.17, 15) is 9.59 Å². The molecule has 1 N–H and O–H groups in total. The summed E-state index contributed by atoms with van der Waals surface area (Å²) in [7, 11) is 1.35. The van der Waals surface area contributed by atoms with E-state index >= 15 is 0 Å². The lowest BCUT2D eigenvalue weighted by Crippen LogP contribution is -2.02. The molecule has 0 aliphatic carbocycles. The number of nitrogens with one attached hydrogen (secondary N) is 1. The predicted octanol–water partition coefficient (Wildman–Crippen LogP) is 2.64. The molecule has 20 heavy (non-hydrogen) atoms. The van der Waals surface area contributed by atoms with E-state index in [0.29, 0.717) is 11.3 Å². The van der Waals surface area contributed by atoms with Crippen molar-refractivity contribution in [3.8, 4) is 0 Å². The number of thioether (sulfide) groups is 1. The van der Waals surface area contributed by atoms with Gasteiger partial charge in [0.15, 0.2) is 5.12 Å². The summed E-state index contributed by atoms with van der Waals surface area (Å²) >= 11 is 1.23. The molecule has 2 rings (SSSR count). The summed E-state index contributed by atoms with van der Waals surface area (Å²) in [6.07, 6.45) is 5.34. The zero-order chi connectivity index (χ0) is 14.5. The lowest BCUT2D eigenvalue weighted by atomic mass is 10.1. The highest BCUT2D eigenvalue weighted by Crippen LogP contribution is 2.21. The molecule has 0 saturated heterocycles. The molecule has 0 aliphatic rings. The van der Waals surface area contributed by atoms with Gasteiger partial charge in [-0.15, -0.1) is 0 Å². The molecule has 0 saturated carbocycles. The number of aromatic nitrogens is 2. The molecule has 5 nitrogen and oxygen atoms in total. The average molecular weight is 290 g/mol. The van der Waals surface area contributed by atoms with Crippen molar-refractivity contribution in [3.63, 3.8) is 0 Å². The van der Waals surface area contributed by atoms with Crippen LogP contribution in [0.3, 0.4) is 0 Å². The Balaban J connectivity index is 2.30. The third-order valence-corrected chi connectivity index (χ3v) is 3.45. The van der Waals surface area contributed by atoms with Crippen LogP contribution in [0.1, 0.15) is 22.8 Å². The minimum Gasteiger partial charge on any atom is -0.465 e. The SMILES string of the molecule is COC(=O)c1cc(C=CCSC(C)=O)cc2[nH]ncc12. The van der Waals surface area contributed by atoms with Crippen LogP contribution < -0.4 is 0 Å². The second kappa shape index (κ2) is 6.38. The maximum atomic E-state index is 11.8. The van der Waals surface area contributed by atoms with Gasteiger partial charge in [-0.05, 0) is 17.7 Å². The Hall–Kier alpha value is -2.08. The number of carbonyl (C=O) groups is 2. The number of hydrogen-bond donors (Lipinski definition) is 1. The summed E-state index contributed by atoms with van der Waals surface area (Å²) in [5, 5.41) is 7.58. The first-order valence-corrected chi connectivity index (χ1v) is 6.95. The fourth-order valence-corrected chi connectivity index (χ4v) is 2.23. The van der Waals surface area contributed by atoms with E-state index in [1.807, 2.05) is 18.2 Å². The van der Waals surface area contributed by atoms with Crippen molar-refractivity contribution < 1.29 is 14.3 Å². The van der Waals surface area contributed by atoms with Crippen molar-refractivity contribution >= 4 is 39.8 Å². The maximum Gasteiger partial charge on any atom is 0.338 e. The van der Waals surface area contributed by atoms with Gasteiger partial charge in [-0.2, -0.15) is 5.10 Å². The monoisotopic (exact) mass is 290 g/mol. The summed E-state index contributed by atoms with van der Waals surface area (Å²) in [5.74, 6) is 0.203. The minimum atomic E-state index is -0.398. The Labute approximate surface area is 120 Å². The number of benzene rings is 1. The average Bonchev–Trinajstić information content (AvgIpc) is 2.89. The largest absolute Gasteiger partial charge is 0.465 e. The molecule has 6 heteroatoms. The van der Waals surface area contributed by atoms with Gasteiger partial charge in [0, 0.05) is 18.1 Å². The van der Waals surface area contributed by atoms with Gasteiger partial charge in [0.25, 0.3) is 0 Å². The highest BCUT2D eigenvalue weighted by Gasteiger charge is 2.12. The third-order valence-electron chi connectivity index (χ3n) is 2.68. The molecular weight excluding hydrogens is 276 g/mol. The number of methoxy groups -OCH3 is 1. The topological polar surface area (TPSA) is 72.1 Å². The standard InChI is InChI=1S/C14H14N2O3S/c1-9(17)20-5-3-4-10-6-11(14(18)19-2)12-8-15-16-13(12)7-10/h3-4,6-8H,5H2,1-2H3,(H,15,16). The maximum absolute atomic E-state index is 11.8. The molecule has 0 bridgehead atoms. The quantitative estimate of drug-likeness (QED) is 0.876. The van der Waals surface area contributed by atoms with Crippen molar-refractivity contribution in [1.29, 1.82) is 0 Å². The molecule has 0 radical (unpaired) electrons. The number of H-pyrrole nitrogens is 1. The van der Waals surface area contributed by atoms with E-state index in [0.717, 1.165) is 16.5 Å². The van der Waals surface area contributed by atoms with Gasteiger partial charge in [0.1, 0.15) is 0 Å². The molecule has 1 aromatic heterocycles. The Bertz CT molecular complexity index is 676. The first-order valence-electron chi connectivity index (χ1n) is 5.97. The number of nitrogens with zero attached hydrogens (tertiary/aromatic N) is 1. The predicted molar refractivity (Wildman–Crippen MR) is 79.6 cm³/mol. The Morgan fingerprint density at radius 2 is 2.25 bits per heavy atom. The normalized spacial score (nSPS) is 11.1. The molecule has 0 spiro atoms. The summed E-state index contributed by atoms with van der Waals surface area (Å²) in [6.45, 7) is 1.53. The lowest BCUT2D eigenvalue weighted by molar-refractivity contribution is -0.109. The van der Waals surface area contributed by atoms with Crippen molar-refractivity contribution in [3.05, 3.63) is 35.5 Å². The van der Waals surface area contributed by atoms with Crippen molar-refractivity contribution in [2.24, 2.45) is 0 Å². The molecule has 0 aliphatic heterocycles.